The van der Waals surface area contributed by atoms with Crippen molar-refractivity contribution in [2.75, 3.05) is 5.32 Å². The van der Waals surface area contributed by atoms with E-state index in [1.54, 1.807) is 35.7 Å². The lowest BCUT2D eigenvalue weighted by Crippen LogP contribution is -2.23. The Kier molecular flexibility index (Phi) is 5.63. The SMILES string of the molecule is O=C(Nc1ccsc1C(=O)NCc1ccccc1)c1ccc(Br)cc1. The molecule has 6 heteroatoms. The van der Waals surface area contributed by atoms with E-state index < -0.39 is 0 Å². The van der Waals surface area contributed by atoms with Gasteiger partial charge in [-0.05, 0) is 41.3 Å². The highest BCUT2D eigenvalue weighted by Crippen LogP contribution is 2.23. The summed E-state index contributed by atoms with van der Waals surface area (Å²) in [6.07, 6.45) is 0. The van der Waals surface area contributed by atoms with Gasteiger partial charge >= 0.3 is 0 Å². The van der Waals surface area contributed by atoms with Crippen molar-refractivity contribution in [1.29, 1.82) is 0 Å². The van der Waals surface area contributed by atoms with Crippen LogP contribution in [-0.2, 0) is 6.54 Å². The van der Waals surface area contributed by atoms with Gasteiger partial charge in [0, 0.05) is 16.6 Å². The van der Waals surface area contributed by atoms with E-state index in [1.165, 1.54) is 11.3 Å². The number of anilines is 1. The molecule has 1 aromatic heterocycles. The van der Waals surface area contributed by atoms with Gasteiger partial charge in [0.15, 0.2) is 0 Å². The van der Waals surface area contributed by atoms with Crippen molar-refractivity contribution < 1.29 is 9.59 Å². The molecule has 0 saturated heterocycles. The molecule has 0 unspecified atom stereocenters. The summed E-state index contributed by atoms with van der Waals surface area (Å²) in [6, 6.07) is 18.5. The Morgan fingerprint density at radius 3 is 2.36 bits per heavy atom. The lowest BCUT2D eigenvalue weighted by molar-refractivity contribution is 0.0956. The third-order valence-electron chi connectivity index (χ3n) is 3.52. The standard InChI is InChI=1S/C19H15BrN2O2S/c20-15-8-6-14(7-9-15)18(23)22-16-10-11-25-17(16)19(24)21-12-13-4-2-1-3-5-13/h1-11H,12H2,(H,21,24)(H,22,23). The number of amides is 2. The van der Waals surface area contributed by atoms with E-state index in [0.29, 0.717) is 22.7 Å². The molecule has 4 nitrogen and oxygen atoms in total. The molecule has 126 valence electrons. The van der Waals surface area contributed by atoms with E-state index in [0.717, 1.165) is 10.0 Å². The Bertz CT molecular complexity index is 876. The third-order valence-corrected chi connectivity index (χ3v) is 4.96. The van der Waals surface area contributed by atoms with Crippen molar-refractivity contribution in [3.8, 4) is 0 Å². The predicted octanol–water partition coefficient (Wildman–Crippen LogP) is 4.69. The minimum atomic E-state index is -0.247. The van der Waals surface area contributed by atoms with E-state index in [2.05, 4.69) is 26.6 Å². The maximum Gasteiger partial charge on any atom is 0.263 e. The average molecular weight is 415 g/mol. The highest BCUT2D eigenvalue weighted by Gasteiger charge is 2.15. The van der Waals surface area contributed by atoms with Gasteiger partial charge in [0.25, 0.3) is 11.8 Å². The van der Waals surface area contributed by atoms with Crippen LogP contribution >= 0.6 is 27.3 Å². The zero-order valence-electron chi connectivity index (χ0n) is 13.2. The van der Waals surface area contributed by atoms with Crippen LogP contribution in [0.15, 0.2) is 70.5 Å². The summed E-state index contributed by atoms with van der Waals surface area (Å²) < 4.78 is 0.903. The van der Waals surface area contributed by atoms with E-state index in [9.17, 15) is 9.59 Å². The van der Waals surface area contributed by atoms with Gasteiger partial charge in [-0.25, -0.2) is 0 Å². The van der Waals surface area contributed by atoms with E-state index in [4.69, 9.17) is 0 Å². The molecule has 0 fully saturated rings. The Hall–Kier alpha value is -2.44. The number of thiophene rings is 1. The van der Waals surface area contributed by atoms with Crippen molar-refractivity contribution in [3.05, 3.63) is 86.5 Å². The second-order valence-corrected chi connectivity index (χ2v) is 7.12. The van der Waals surface area contributed by atoms with Crippen molar-refractivity contribution in [2.45, 2.75) is 6.54 Å². The van der Waals surface area contributed by atoms with Crippen molar-refractivity contribution in [3.63, 3.8) is 0 Å². The molecule has 3 rings (SSSR count). The van der Waals surface area contributed by atoms with Crippen LogP contribution in [0.25, 0.3) is 0 Å². The number of carbonyl (C=O) groups excluding carboxylic acids is 2. The molecule has 0 atom stereocenters. The fraction of sp³-hybridized carbons (Fsp3) is 0.0526. The summed E-state index contributed by atoms with van der Waals surface area (Å²) in [5, 5.41) is 7.46. The summed E-state index contributed by atoms with van der Waals surface area (Å²) >= 11 is 4.64. The second-order valence-electron chi connectivity index (χ2n) is 5.29. The van der Waals surface area contributed by atoms with Crippen LogP contribution in [0, 0.1) is 0 Å². The Morgan fingerprint density at radius 2 is 1.64 bits per heavy atom. The van der Waals surface area contributed by atoms with Gasteiger partial charge in [-0.1, -0.05) is 46.3 Å². The van der Waals surface area contributed by atoms with E-state index >= 15 is 0 Å². The lowest BCUT2D eigenvalue weighted by Gasteiger charge is -2.08. The highest BCUT2D eigenvalue weighted by atomic mass is 79.9. The normalized spacial score (nSPS) is 10.3. The van der Waals surface area contributed by atoms with Gasteiger partial charge in [-0.3, -0.25) is 9.59 Å². The highest BCUT2D eigenvalue weighted by molar-refractivity contribution is 9.10. The fourth-order valence-electron chi connectivity index (χ4n) is 2.24. The topological polar surface area (TPSA) is 58.2 Å². The molecule has 2 N–H and O–H groups in total. The number of rotatable bonds is 5. The third kappa shape index (κ3) is 4.55. The number of hydrogen-bond acceptors (Lipinski definition) is 3. The molecule has 0 aliphatic heterocycles. The van der Waals surface area contributed by atoms with Crippen molar-refractivity contribution in [2.24, 2.45) is 0 Å². The summed E-state index contributed by atoms with van der Waals surface area (Å²) in [6.45, 7) is 0.442. The maximum absolute atomic E-state index is 12.4. The zero-order chi connectivity index (χ0) is 17.6. The molecule has 0 aliphatic rings. The van der Waals surface area contributed by atoms with Gasteiger partial charge in [0.1, 0.15) is 4.88 Å². The van der Waals surface area contributed by atoms with E-state index in [1.807, 2.05) is 30.3 Å². The van der Waals surface area contributed by atoms with Crippen molar-refractivity contribution >= 4 is 44.8 Å². The van der Waals surface area contributed by atoms with Gasteiger partial charge in [0.05, 0.1) is 5.69 Å². The first kappa shape index (κ1) is 17.4. The molecular formula is C19H15BrN2O2S. The minimum absolute atomic E-state index is 0.204. The maximum atomic E-state index is 12.4. The number of carbonyl (C=O) groups is 2. The van der Waals surface area contributed by atoms with Crippen LogP contribution in [0.3, 0.4) is 0 Å². The summed E-state index contributed by atoms with van der Waals surface area (Å²) in [5.74, 6) is -0.451. The Labute approximate surface area is 158 Å². The number of nitrogens with one attached hydrogen (secondary N) is 2. The first-order valence-electron chi connectivity index (χ1n) is 7.60. The molecule has 0 aliphatic carbocycles. The fourth-order valence-corrected chi connectivity index (χ4v) is 3.27. The Balaban J connectivity index is 1.66. The van der Waals surface area contributed by atoms with Gasteiger partial charge in [-0.15, -0.1) is 11.3 Å². The molecule has 0 saturated carbocycles. The van der Waals surface area contributed by atoms with Crippen LogP contribution in [-0.4, -0.2) is 11.8 Å². The molecular weight excluding hydrogens is 400 g/mol. The smallest absolute Gasteiger partial charge is 0.263 e. The number of benzene rings is 2. The summed E-state index contributed by atoms with van der Waals surface area (Å²) in [7, 11) is 0. The zero-order valence-corrected chi connectivity index (χ0v) is 15.6. The van der Waals surface area contributed by atoms with Crippen LogP contribution in [0.4, 0.5) is 5.69 Å². The van der Waals surface area contributed by atoms with Crippen molar-refractivity contribution in [1.82, 2.24) is 5.32 Å². The van der Waals surface area contributed by atoms with Crippen LogP contribution in [0.2, 0.25) is 0 Å². The molecule has 1 heterocycles. The molecule has 25 heavy (non-hydrogen) atoms. The quantitative estimate of drug-likeness (QED) is 0.635. The lowest BCUT2D eigenvalue weighted by atomic mass is 10.2. The van der Waals surface area contributed by atoms with Gasteiger partial charge in [-0.2, -0.15) is 0 Å². The summed E-state index contributed by atoms with van der Waals surface area (Å²) in [5.41, 5.74) is 2.07. The molecule has 0 bridgehead atoms. The molecule has 2 aromatic carbocycles. The van der Waals surface area contributed by atoms with Gasteiger partial charge in [0.2, 0.25) is 0 Å². The minimum Gasteiger partial charge on any atom is -0.347 e. The number of halogens is 1. The van der Waals surface area contributed by atoms with Crippen LogP contribution in [0.1, 0.15) is 25.6 Å². The largest absolute Gasteiger partial charge is 0.347 e. The molecule has 0 radical (unpaired) electrons. The van der Waals surface area contributed by atoms with Crippen LogP contribution in [0.5, 0.6) is 0 Å². The first-order valence-corrected chi connectivity index (χ1v) is 9.27. The molecule has 2 amide bonds. The van der Waals surface area contributed by atoms with Crippen LogP contribution < -0.4 is 10.6 Å². The molecule has 3 aromatic rings. The summed E-state index contributed by atoms with van der Waals surface area (Å²) in [4.78, 5) is 25.2. The van der Waals surface area contributed by atoms with E-state index in [-0.39, 0.29) is 11.8 Å². The predicted molar refractivity (Wildman–Crippen MR) is 104 cm³/mol. The first-order chi connectivity index (χ1) is 12.1. The Morgan fingerprint density at radius 1 is 0.920 bits per heavy atom. The monoisotopic (exact) mass is 414 g/mol. The average Bonchev–Trinajstić information content (AvgIpc) is 3.09. The molecule has 0 spiro atoms. The van der Waals surface area contributed by atoms with Gasteiger partial charge < -0.3 is 10.6 Å². The number of hydrogen-bond donors (Lipinski definition) is 2. The second kappa shape index (κ2) is 8.09.